The van der Waals surface area contributed by atoms with Gasteiger partial charge in [-0.3, -0.25) is 9.59 Å². The molecular weight excluding hydrogens is 252 g/mol. The number of esters is 1. The zero-order chi connectivity index (χ0) is 14.0. The van der Waals surface area contributed by atoms with Crippen molar-refractivity contribution >= 4 is 23.6 Å². The van der Waals surface area contributed by atoms with E-state index < -0.39 is 12.0 Å². The van der Waals surface area contributed by atoms with E-state index in [4.69, 9.17) is 5.73 Å². The molecule has 0 saturated carbocycles. The van der Waals surface area contributed by atoms with Gasteiger partial charge in [-0.1, -0.05) is 13.8 Å². The molecule has 6 heteroatoms. The average Bonchev–Trinajstić information content (AvgIpc) is 2.39. The Labute approximate surface area is 113 Å². The molecule has 0 heterocycles. The summed E-state index contributed by atoms with van der Waals surface area (Å²) in [5.74, 6) is 0.717. The van der Waals surface area contributed by atoms with Gasteiger partial charge in [-0.05, 0) is 25.0 Å². The molecule has 1 atom stereocenters. The van der Waals surface area contributed by atoms with Gasteiger partial charge in [-0.25, -0.2) is 0 Å². The highest BCUT2D eigenvalue weighted by Gasteiger charge is 2.13. The van der Waals surface area contributed by atoms with Crippen LogP contribution in [-0.4, -0.2) is 42.6 Å². The zero-order valence-corrected chi connectivity index (χ0v) is 12.2. The fourth-order valence-corrected chi connectivity index (χ4v) is 2.24. The zero-order valence-electron chi connectivity index (χ0n) is 11.4. The van der Waals surface area contributed by atoms with E-state index in [0.29, 0.717) is 17.9 Å². The Balaban J connectivity index is 3.66. The van der Waals surface area contributed by atoms with Gasteiger partial charge in [0.2, 0.25) is 5.91 Å². The quantitative estimate of drug-likeness (QED) is 0.483. The number of amides is 1. The highest BCUT2D eigenvalue weighted by Crippen LogP contribution is 2.05. The van der Waals surface area contributed by atoms with Crippen molar-refractivity contribution < 1.29 is 14.3 Å². The first-order chi connectivity index (χ1) is 8.54. The van der Waals surface area contributed by atoms with Gasteiger partial charge in [0.05, 0.1) is 12.9 Å². The lowest BCUT2D eigenvalue weighted by Crippen LogP contribution is -2.35. The number of rotatable bonds is 9. The molecular formula is C12H24N2O3S. The van der Waals surface area contributed by atoms with Crippen LogP contribution in [0.2, 0.25) is 0 Å². The van der Waals surface area contributed by atoms with E-state index in [0.717, 1.165) is 12.8 Å². The van der Waals surface area contributed by atoms with Crippen LogP contribution in [-0.2, 0) is 14.3 Å². The summed E-state index contributed by atoms with van der Waals surface area (Å²) in [6, 6.07) is -0.333. The second-order valence-electron chi connectivity index (χ2n) is 4.05. The predicted molar refractivity (Wildman–Crippen MR) is 74.4 cm³/mol. The van der Waals surface area contributed by atoms with Crippen LogP contribution in [0, 0.1) is 0 Å². The third-order valence-corrected chi connectivity index (χ3v) is 3.65. The van der Waals surface area contributed by atoms with Gasteiger partial charge in [0.1, 0.15) is 6.04 Å². The van der Waals surface area contributed by atoms with Crippen LogP contribution in [0.3, 0.4) is 0 Å². The Kier molecular flexibility index (Phi) is 9.77. The second kappa shape index (κ2) is 10.2. The first-order valence-corrected chi connectivity index (χ1v) is 7.41. The van der Waals surface area contributed by atoms with Crippen LogP contribution in [0.1, 0.15) is 33.1 Å². The van der Waals surface area contributed by atoms with E-state index in [1.807, 2.05) is 0 Å². The summed E-state index contributed by atoms with van der Waals surface area (Å²) in [5.41, 5.74) is 5.58. The predicted octanol–water partition coefficient (Wildman–Crippen LogP) is 0.915. The van der Waals surface area contributed by atoms with E-state index >= 15 is 0 Å². The summed E-state index contributed by atoms with van der Waals surface area (Å²) in [5, 5.41) is 2.96. The molecule has 0 aliphatic carbocycles. The Morgan fingerprint density at radius 1 is 1.33 bits per heavy atom. The third kappa shape index (κ3) is 7.55. The molecule has 18 heavy (non-hydrogen) atoms. The minimum Gasteiger partial charge on any atom is -0.468 e. The molecule has 0 aliphatic heterocycles. The molecule has 0 fully saturated rings. The molecule has 0 rings (SSSR count). The van der Waals surface area contributed by atoms with Gasteiger partial charge in [0.15, 0.2) is 0 Å². The maximum atomic E-state index is 11.6. The summed E-state index contributed by atoms with van der Waals surface area (Å²) in [7, 11) is 1.32. The molecule has 0 aromatic carbocycles. The number of thioether (sulfide) groups is 1. The van der Waals surface area contributed by atoms with Crippen molar-refractivity contribution in [2.45, 2.75) is 45.2 Å². The highest BCUT2D eigenvalue weighted by molar-refractivity contribution is 7.99. The van der Waals surface area contributed by atoms with Crippen LogP contribution in [0.5, 0.6) is 0 Å². The maximum Gasteiger partial charge on any atom is 0.322 e. The topological polar surface area (TPSA) is 81.4 Å². The number of ether oxygens (including phenoxy) is 1. The third-order valence-electron chi connectivity index (χ3n) is 2.66. The van der Waals surface area contributed by atoms with Gasteiger partial charge in [-0.15, -0.1) is 0 Å². The fraction of sp³-hybridized carbons (Fsp3) is 0.833. The van der Waals surface area contributed by atoms with Crippen molar-refractivity contribution in [3.8, 4) is 0 Å². The standard InChI is InChI=1S/C12H24N2O3S/c1-4-9(5-2)14-11(15)8-18-7-6-10(13)12(16)17-3/h9-10H,4-8,13H2,1-3H3,(H,14,15). The van der Waals surface area contributed by atoms with Crippen LogP contribution >= 0.6 is 11.8 Å². The number of carbonyl (C=O) groups is 2. The molecule has 1 unspecified atom stereocenters. The molecule has 3 N–H and O–H groups in total. The van der Waals surface area contributed by atoms with E-state index in [9.17, 15) is 9.59 Å². The van der Waals surface area contributed by atoms with Crippen molar-refractivity contribution in [2.24, 2.45) is 5.73 Å². The molecule has 0 saturated heterocycles. The Bertz CT molecular complexity index is 258. The lowest BCUT2D eigenvalue weighted by Gasteiger charge is -2.14. The number of methoxy groups -OCH3 is 1. The van der Waals surface area contributed by atoms with Crippen molar-refractivity contribution in [3.63, 3.8) is 0 Å². The molecule has 0 aromatic rings. The number of hydrogen-bond acceptors (Lipinski definition) is 5. The minimum atomic E-state index is -0.593. The van der Waals surface area contributed by atoms with E-state index in [-0.39, 0.29) is 11.9 Å². The summed E-state index contributed by atoms with van der Waals surface area (Å²) >= 11 is 1.48. The highest BCUT2D eigenvalue weighted by atomic mass is 32.2. The van der Waals surface area contributed by atoms with Crippen LogP contribution in [0.15, 0.2) is 0 Å². The normalized spacial score (nSPS) is 12.3. The van der Waals surface area contributed by atoms with Crippen molar-refractivity contribution in [2.75, 3.05) is 18.6 Å². The molecule has 5 nitrogen and oxygen atoms in total. The van der Waals surface area contributed by atoms with Gasteiger partial charge in [-0.2, -0.15) is 11.8 Å². The van der Waals surface area contributed by atoms with Crippen molar-refractivity contribution in [1.29, 1.82) is 0 Å². The summed E-state index contributed by atoms with van der Waals surface area (Å²) in [6.45, 7) is 4.11. The summed E-state index contributed by atoms with van der Waals surface area (Å²) in [4.78, 5) is 22.6. The molecule has 0 radical (unpaired) electrons. The first-order valence-electron chi connectivity index (χ1n) is 6.25. The number of carbonyl (C=O) groups excluding carboxylic acids is 2. The van der Waals surface area contributed by atoms with Crippen LogP contribution < -0.4 is 11.1 Å². The van der Waals surface area contributed by atoms with Gasteiger partial charge in [0, 0.05) is 6.04 Å². The molecule has 0 aromatic heterocycles. The monoisotopic (exact) mass is 276 g/mol. The maximum absolute atomic E-state index is 11.6. The van der Waals surface area contributed by atoms with Gasteiger partial charge >= 0.3 is 5.97 Å². The molecule has 0 aliphatic rings. The molecule has 0 spiro atoms. The minimum absolute atomic E-state index is 0.0420. The number of hydrogen-bond donors (Lipinski definition) is 2. The number of nitrogens with two attached hydrogens (primary N) is 1. The molecule has 1 amide bonds. The lowest BCUT2D eigenvalue weighted by atomic mass is 10.2. The SMILES string of the molecule is CCC(CC)NC(=O)CSCCC(N)C(=O)OC. The lowest BCUT2D eigenvalue weighted by molar-refractivity contribution is -0.142. The van der Waals surface area contributed by atoms with E-state index in [1.54, 1.807) is 0 Å². The average molecular weight is 276 g/mol. The number of nitrogens with one attached hydrogen (secondary N) is 1. The fourth-order valence-electron chi connectivity index (χ4n) is 1.41. The molecule has 0 bridgehead atoms. The summed E-state index contributed by atoms with van der Waals surface area (Å²) < 4.78 is 4.52. The Morgan fingerprint density at radius 2 is 1.94 bits per heavy atom. The van der Waals surface area contributed by atoms with E-state index in [1.165, 1.54) is 18.9 Å². The van der Waals surface area contributed by atoms with Crippen LogP contribution in [0.4, 0.5) is 0 Å². The Hall–Kier alpha value is -0.750. The summed E-state index contributed by atoms with van der Waals surface area (Å²) in [6.07, 6.45) is 2.41. The molecule has 106 valence electrons. The van der Waals surface area contributed by atoms with Crippen molar-refractivity contribution in [3.05, 3.63) is 0 Å². The van der Waals surface area contributed by atoms with Crippen LogP contribution in [0.25, 0.3) is 0 Å². The van der Waals surface area contributed by atoms with Crippen molar-refractivity contribution in [1.82, 2.24) is 5.32 Å². The largest absolute Gasteiger partial charge is 0.468 e. The Morgan fingerprint density at radius 3 is 2.44 bits per heavy atom. The smallest absolute Gasteiger partial charge is 0.322 e. The second-order valence-corrected chi connectivity index (χ2v) is 5.16. The first kappa shape index (κ1) is 17.2. The van der Waals surface area contributed by atoms with Gasteiger partial charge < -0.3 is 15.8 Å². The van der Waals surface area contributed by atoms with E-state index in [2.05, 4.69) is 23.9 Å². The van der Waals surface area contributed by atoms with Gasteiger partial charge in [0.25, 0.3) is 0 Å².